The number of hydrogen-bond donors (Lipinski definition) is 1. The molecule has 1 N–H and O–H groups in total. The third kappa shape index (κ3) is 2.29. The van der Waals surface area contributed by atoms with Crippen LogP contribution in [0, 0.1) is 0 Å². The lowest BCUT2D eigenvalue weighted by Gasteiger charge is -2.20. The van der Waals surface area contributed by atoms with Crippen molar-refractivity contribution >= 4 is 42.6 Å². The Morgan fingerprint density at radius 3 is 2.38 bits per heavy atom. The largest absolute Gasteiger partial charge is 0.383 e. The molecule has 0 aliphatic rings. The highest BCUT2D eigenvalue weighted by molar-refractivity contribution is 9.25. The Morgan fingerprint density at radius 1 is 1.06 bits per heavy atom. The van der Waals surface area contributed by atoms with Gasteiger partial charge in [-0.25, -0.2) is 4.39 Å². The normalized spacial score (nSPS) is 14.0. The summed E-state index contributed by atoms with van der Waals surface area (Å²) in [7, 11) is 0. The van der Waals surface area contributed by atoms with Crippen LogP contribution in [0.3, 0.4) is 0 Å². The Labute approximate surface area is 110 Å². The maximum absolute atomic E-state index is 13.6. The highest BCUT2D eigenvalue weighted by Crippen LogP contribution is 2.42. The molecule has 16 heavy (non-hydrogen) atoms. The smallest absolute Gasteiger partial charge is 0.248 e. The van der Waals surface area contributed by atoms with Crippen molar-refractivity contribution in [2.45, 2.75) is 9.59 Å². The first-order chi connectivity index (χ1) is 7.50. The zero-order valence-corrected chi connectivity index (χ0v) is 11.4. The molecule has 0 amide bonds. The molecule has 0 spiro atoms. The molecule has 1 atom stereocenters. The molecule has 0 fully saturated rings. The first-order valence-corrected chi connectivity index (χ1v) is 6.31. The van der Waals surface area contributed by atoms with Crippen molar-refractivity contribution in [2.75, 3.05) is 0 Å². The maximum atomic E-state index is 13.6. The van der Waals surface area contributed by atoms with Crippen LogP contribution in [0.25, 0.3) is 10.8 Å². The Hall–Kier alpha value is -0.450. The van der Waals surface area contributed by atoms with E-state index >= 15 is 0 Å². The lowest BCUT2D eigenvalue weighted by molar-refractivity contribution is 0.115. The minimum absolute atomic E-state index is 0.550. The number of fused-ring (bicyclic) bond motifs is 1. The molecule has 2 aromatic carbocycles. The summed E-state index contributed by atoms with van der Waals surface area (Å²) in [5.74, 6) is 0. The molecule has 2 rings (SSSR count). The molecule has 0 saturated heterocycles. The molecule has 0 heterocycles. The fourth-order valence-corrected chi connectivity index (χ4v) is 2.16. The van der Waals surface area contributed by atoms with Crippen molar-refractivity contribution in [3.05, 3.63) is 48.0 Å². The zero-order valence-electron chi connectivity index (χ0n) is 8.20. The third-order valence-electron chi connectivity index (χ3n) is 2.43. The van der Waals surface area contributed by atoms with Crippen LogP contribution < -0.4 is 0 Å². The molecule has 0 saturated carbocycles. The highest BCUT2D eigenvalue weighted by Gasteiger charge is 2.33. The second kappa shape index (κ2) is 4.43. The lowest BCUT2D eigenvalue weighted by Crippen LogP contribution is -2.16. The van der Waals surface area contributed by atoms with E-state index in [1.807, 2.05) is 30.3 Å². The van der Waals surface area contributed by atoms with Gasteiger partial charge in [0.2, 0.25) is 3.49 Å². The summed E-state index contributed by atoms with van der Waals surface area (Å²) in [6.07, 6.45) is -1.27. The number of aliphatic hydroxyl groups excluding tert-OH is 1. The molecule has 1 unspecified atom stereocenters. The summed E-state index contributed by atoms with van der Waals surface area (Å²) in [6, 6.07) is 13.0. The monoisotopic (exact) mass is 346 g/mol. The van der Waals surface area contributed by atoms with Crippen molar-refractivity contribution in [2.24, 2.45) is 0 Å². The van der Waals surface area contributed by atoms with Gasteiger partial charge in [0, 0.05) is 0 Å². The Kier molecular flexibility index (Phi) is 3.33. The van der Waals surface area contributed by atoms with Crippen molar-refractivity contribution in [1.29, 1.82) is 0 Å². The predicted octanol–water partition coefficient (Wildman–Crippen LogP) is 4.29. The number of rotatable bonds is 2. The van der Waals surface area contributed by atoms with Gasteiger partial charge in [-0.2, -0.15) is 0 Å². The van der Waals surface area contributed by atoms with Crippen molar-refractivity contribution in [3.63, 3.8) is 0 Å². The summed E-state index contributed by atoms with van der Waals surface area (Å²) < 4.78 is 11.6. The van der Waals surface area contributed by atoms with Gasteiger partial charge >= 0.3 is 0 Å². The van der Waals surface area contributed by atoms with E-state index in [-0.39, 0.29) is 0 Å². The fourth-order valence-electron chi connectivity index (χ4n) is 1.67. The average Bonchev–Trinajstić information content (AvgIpc) is 2.26. The Balaban J connectivity index is 2.61. The van der Waals surface area contributed by atoms with Gasteiger partial charge in [0.1, 0.15) is 6.10 Å². The van der Waals surface area contributed by atoms with Gasteiger partial charge in [0.25, 0.3) is 0 Å². The SMILES string of the molecule is OC(c1cccc2ccccc12)C(F)(Br)Br. The first kappa shape index (κ1) is 12.0. The second-order valence-corrected chi connectivity index (χ2v) is 6.88. The van der Waals surface area contributed by atoms with Crippen LogP contribution >= 0.6 is 31.9 Å². The quantitative estimate of drug-likeness (QED) is 0.803. The van der Waals surface area contributed by atoms with Crippen molar-refractivity contribution < 1.29 is 9.50 Å². The van der Waals surface area contributed by atoms with Crippen molar-refractivity contribution in [1.82, 2.24) is 0 Å². The standard InChI is InChI=1S/C12H9Br2FO/c13-12(14,15)11(16)10-7-3-5-8-4-1-2-6-9(8)10/h1-7,11,16H. The fraction of sp³-hybridized carbons (Fsp3) is 0.167. The molecule has 0 aliphatic carbocycles. The lowest BCUT2D eigenvalue weighted by atomic mass is 10.0. The van der Waals surface area contributed by atoms with Crippen LogP contribution in [0.4, 0.5) is 4.39 Å². The summed E-state index contributed by atoms with van der Waals surface area (Å²) in [5.41, 5.74) is 0.550. The third-order valence-corrected chi connectivity index (χ3v) is 3.30. The van der Waals surface area contributed by atoms with E-state index in [1.165, 1.54) is 0 Å². The van der Waals surface area contributed by atoms with Gasteiger partial charge in [0.05, 0.1) is 0 Å². The average molecular weight is 348 g/mol. The van der Waals surface area contributed by atoms with E-state index in [4.69, 9.17) is 0 Å². The van der Waals surface area contributed by atoms with Crippen LogP contribution in [0.2, 0.25) is 0 Å². The number of hydrogen-bond acceptors (Lipinski definition) is 1. The molecular weight excluding hydrogens is 339 g/mol. The summed E-state index contributed by atoms with van der Waals surface area (Å²) in [6.45, 7) is 0. The summed E-state index contributed by atoms with van der Waals surface area (Å²) >= 11 is 5.53. The molecular formula is C12H9Br2FO. The van der Waals surface area contributed by atoms with E-state index in [9.17, 15) is 9.50 Å². The van der Waals surface area contributed by atoms with Crippen LogP contribution in [-0.2, 0) is 0 Å². The number of aliphatic hydroxyl groups is 1. The summed E-state index contributed by atoms with van der Waals surface area (Å²) in [5, 5.41) is 11.7. The first-order valence-electron chi connectivity index (χ1n) is 4.72. The van der Waals surface area contributed by atoms with E-state index in [0.717, 1.165) is 10.8 Å². The van der Waals surface area contributed by atoms with E-state index in [0.29, 0.717) is 5.56 Å². The summed E-state index contributed by atoms with van der Waals surface area (Å²) in [4.78, 5) is 0. The van der Waals surface area contributed by atoms with Gasteiger partial charge in [-0.15, -0.1) is 0 Å². The number of benzene rings is 2. The van der Waals surface area contributed by atoms with Crippen molar-refractivity contribution in [3.8, 4) is 0 Å². The predicted molar refractivity (Wildman–Crippen MR) is 70.6 cm³/mol. The molecule has 84 valence electrons. The minimum Gasteiger partial charge on any atom is -0.383 e. The van der Waals surface area contributed by atoms with E-state index in [2.05, 4.69) is 31.9 Å². The molecule has 0 aliphatic heterocycles. The van der Waals surface area contributed by atoms with Gasteiger partial charge in [0.15, 0.2) is 0 Å². The number of halogens is 3. The topological polar surface area (TPSA) is 20.2 Å². The molecule has 0 bridgehead atoms. The van der Waals surface area contributed by atoms with Crippen LogP contribution in [-0.4, -0.2) is 8.59 Å². The Bertz CT molecular complexity index is 502. The van der Waals surface area contributed by atoms with E-state index in [1.54, 1.807) is 12.1 Å². The zero-order chi connectivity index (χ0) is 11.8. The molecule has 0 aromatic heterocycles. The number of alkyl halides is 3. The van der Waals surface area contributed by atoms with Gasteiger partial charge < -0.3 is 5.11 Å². The maximum Gasteiger partial charge on any atom is 0.248 e. The highest BCUT2D eigenvalue weighted by atomic mass is 79.9. The molecule has 1 nitrogen and oxygen atoms in total. The molecule has 0 radical (unpaired) electrons. The van der Waals surface area contributed by atoms with Crippen LogP contribution in [0.1, 0.15) is 11.7 Å². The van der Waals surface area contributed by atoms with E-state index < -0.39 is 9.59 Å². The van der Waals surface area contributed by atoms with Gasteiger partial charge in [-0.05, 0) is 48.2 Å². The van der Waals surface area contributed by atoms with Gasteiger partial charge in [-0.1, -0.05) is 42.5 Å². The van der Waals surface area contributed by atoms with Crippen LogP contribution in [0.15, 0.2) is 42.5 Å². The minimum atomic E-state index is -2.01. The van der Waals surface area contributed by atoms with Gasteiger partial charge in [-0.3, -0.25) is 0 Å². The second-order valence-electron chi connectivity index (χ2n) is 3.51. The van der Waals surface area contributed by atoms with Crippen LogP contribution in [0.5, 0.6) is 0 Å². The Morgan fingerprint density at radius 2 is 1.69 bits per heavy atom. The molecule has 2 aromatic rings. The molecule has 4 heteroatoms.